The van der Waals surface area contributed by atoms with Gasteiger partial charge in [0.1, 0.15) is 5.75 Å². The lowest BCUT2D eigenvalue weighted by Gasteiger charge is -2.34. The third kappa shape index (κ3) is 3.51. The van der Waals surface area contributed by atoms with Crippen molar-refractivity contribution in [3.63, 3.8) is 0 Å². The third-order valence-corrected chi connectivity index (χ3v) is 6.37. The number of hydrogen-bond donors (Lipinski definition) is 2. The first-order chi connectivity index (χ1) is 12.7. The number of ether oxygens (including phenoxy) is 1. The number of rotatable bonds is 5. The summed E-state index contributed by atoms with van der Waals surface area (Å²) in [6.07, 6.45) is -0.0316. The summed E-state index contributed by atoms with van der Waals surface area (Å²) in [5.41, 5.74) is 7.58. The zero-order valence-electron chi connectivity index (χ0n) is 14.5. The van der Waals surface area contributed by atoms with E-state index in [4.69, 9.17) is 15.6 Å². The van der Waals surface area contributed by atoms with E-state index in [0.717, 1.165) is 4.31 Å². The van der Waals surface area contributed by atoms with Gasteiger partial charge >= 0.3 is 5.97 Å². The minimum atomic E-state index is -4.12. The van der Waals surface area contributed by atoms with E-state index in [-0.39, 0.29) is 17.9 Å². The normalized spacial score (nSPS) is 17.1. The number of anilines is 1. The molecule has 0 saturated carbocycles. The van der Waals surface area contributed by atoms with E-state index in [1.165, 1.54) is 31.4 Å². The van der Waals surface area contributed by atoms with Crippen molar-refractivity contribution in [2.45, 2.75) is 23.9 Å². The molecule has 0 fully saturated rings. The first-order valence-corrected chi connectivity index (χ1v) is 9.48. The first-order valence-electron chi connectivity index (χ1n) is 8.04. The summed E-state index contributed by atoms with van der Waals surface area (Å²) < 4.78 is 32.2. The molecule has 1 aliphatic heterocycles. The lowest BCUT2D eigenvalue weighted by molar-refractivity contribution is -0.151. The maximum absolute atomic E-state index is 13.1. The van der Waals surface area contributed by atoms with Gasteiger partial charge in [0, 0.05) is 12.2 Å². The zero-order chi connectivity index (χ0) is 19.8. The number of benzene rings is 2. The Labute approximate surface area is 156 Å². The minimum absolute atomic E-state index is 0.0316. The second-order valence-corrected chi connectivity index (χ2v) is 8.03. The molecule has 9 heteroatoms. The smallest absolute Gasteiger partial charge is 0.373 e. The second-order valence-electron chi connectivity index (χ2n) is 6.14. The van der Waals surface area contributed by atoms with Crippen molar-refractivity contribution in [2.24, 2.45) is 0 Å². The van der Waals surface area contributed by atoms with Crippen molar-refractivity contribution in [3.8, 4) is 5.75 Å². The van der Waals surface area contributed by atoms with Gasteiger partial charge < -0.3 is 15.6 Å². The molecule has 1 unspecified atom stereocenters. The number of fused-ring (bicyclic) bond motifs is 1. The molecule has 142 valence electrons. The van der Waals surface area contributed by atoms with Crippen LogP contribution in [0.4, 0.5) is 5.69 Å². The number of ketones is 1. The van der Waals surface area contributed by atoms with Crippen LogP contribution in [0.5, 0.6) is 5.75 Å². The molecular weight excluding hydrogens is 372 g/mol. The van der Waals surface area contributed by atoms with E-state index < -0.39 is 27.8 Å². The summed E-state index contributed by atoms with van der Waals surface area (Å²) in [5.74, 6) is -2.37. The maximum atomic E-state index is 13.1. The molecule has 0 aromatic heterocycles. The molecule has 0 amide bonds. The Kier molecular flexibility index (Phi) is 4.90. The third-order valence-electron chi connectivity index (χ3n) is 4.50. The van der Waals surface area contributed by atoms with Gasteiger partial charge in [0.15, 0.2) is 0 Å². The predicted molar refractivity (Wildman–Crippen MR) is 96.7 cm³/mol. The Balaban J connectivity index is 2.07. The largest absolute Gasteiger partial charge is 0.497 e. The van der Waals surface area contributed by atoms with Crippen molar-refractivity contribution < 1.29 is 27.9 Å². The predicted octanol–water partition coefficient (Wildman–Crippen LogP) is 1.05. The number of Topliss-reactive ketones (excluding diaryl/α,β-unsaturated/α-hetero) is 1. The Hall–Kier alpha value is -2.91. The van der Waals surface area contributed by atoms with Gasteiger partial charge in [0.2, 0.25) is 10.0 Å². The molecule has 2 aromatic carbocycles. The van der Waals surface area contributed by atoms with Gasteiger partial charge in [-0.3, -0.25) is 4.79 Å². The topological polar surface area (TPSA) is 127 Å². The number of carbonyl (C=O) groups is 2. The highest BCUT2D eigenvalue weighted by molar-refractivity contribution is 7.89. The van der Waals surface area contributed by atoms with Gasteiger partial charge in [0.05, 0.1) is 18.0 Å². The molecule has 1 heterocycles. The molecule has 2 aromatic rings. The highest BCUT2D eigenvalue weighted by atomic mass is 32.2. The van der Waals surface area contributed by atoms with Crippen molar-refractivity contribution in [1.82, 2.24) is 4.31 Å². The van der Waals surface area contributed by atoms with Crippen LogP contribution >= 0.6 is 0 Å². The molecule has 27 heavy (non-hydrogen) atoms. The number of sulfonamides is 1. The first kappa shape index (κ1) is 18.9. The van der Waals surface area contributed by atoms with Crippen LogP contribution in [-0.4, -0.2) is 42.7 Å². The summed E-state index contributed by atoms with van der Waals surface area (Å²) in [4.78, 5) is 23.4. The Morgan fingerprint density at radius 3 is 2.41 bits per heavy atom. The van der Waals surface area contributed by atoms with Crippen LogP contribution in [0, 0.1) is 0 Å². The van der Waals surface area contributed by atoms with E-state index in [1.807, 2.05) is 0 Å². The van der Waals surface area contributed by atoms with Gasteiger partial charge in [-0.1, -0.05) is 6.07 Å². The molecular formula is C18H18N2O6S. The number of carboxylic acid groups (broad SMARTS) is 1. The summed E-state index contributed by atoms with van der Waals surface area (Å²) in [6, 6.07) is 9.29. The van der Waals surface area contributed by atoms with Gasteiger partial charge in [-0.05, 0) is 53.9 Å². The Morgan fingerprint density at radius 2 is 1.81 bits per heavy atom. The fourth-order valence-electron chi connectivity index (χ4n) is 3.08. The van der Waals surface area contributed by atoms with E-state index in [2.05, 4.69) is 0 Å². The van der Waals surface area contributed by atoms with E-state index >= 15 is 0 Å². The quantitative estimate of drug-likeness (QED) is 0.577. The maximum Gasteiger partial charge on any atom is 0.373 e. The van der Waals surface area contributed by atoms with E-state index in [0.29, 0.717) is 22.6 Å². The summed E-state index contributed by atoms with van der Waals surface area (Å²) in [5, 5.41) is 9.14. The monoisotopic (exact) mass is 390 g/mol. The fourth-order valence-corrected chi connectivity index (χ4v) is 4.65. The minimum Gasteiger partial charge on any atom is -0.497 e. The average molecular weight is 390 g/mol. The molecule has 0 bridgehead atoms. The number of nitrogen functional groups attached to an aromatic ring is 1. The number of carboxylic acids is 1. The highest BCUT2D eigenvalue weighted by Crippen LogP contribution is 2.31. The van der Waals surface area contributed by atoms with Crippen LogP contribution in [-0.2, 0) is 32.6 Å². The van der Waals surface area contributed by atoms with Crippen LogP contribution in [0.2, 0.25) is 0 Å². The molecule has 1 atom stereocenters. The van der Waals surface area contributed by atoms with Crippen LogP contribution < -0.4 is 10.5 Å². The average Bonchev–Trinajstić information content (AvgIpc) is 2.66. The van der Waals surface area contributed by atoms with E-state index in [1.54, 1.807) is 18.2 Å². The number of nitrogens with zero attached hydrogens (tertiary/aromatic N) is 1. The molecule has 3 N–H and O–H groups in total. The molecule has 8 nitrogen and oxygen atoms in total. The Morgan fingerprint density at radius 1 is 1.15 bits per heavy atom. The van der Waals surface area contributed by atoms with Crippen molar-refractivity contribution >= 4 is 27.5 Å². The summed E-state index contributed by atoms with van der Waals surface area (Å²) in [6.45, 7) is -0.140. The molecule has 0 spiro atoms. The van der Waals surface area contributed by atoms with Crippen molar-refractivity contribution in [3.05, 3.63) is 53.6 Å². The van der Waals surface area contributed by atoms with E-state index in [9.17, 15) is 18.0 Å². The van der Waals surface area contributed by atoms with Crippen LogP contribution in [0.25, 0.3) is 0 Å². The number of methoxy groups -OCH3 is 1. The van der Waals surface area contributed by atoms with Gasteiger partial charge in [-0.25, -0.2) is 13.2 Å². The molecule has 0 saturated heterocycles. The van der Waals surface area contributed by atoms with Gasteiger partial charge in [-0.15, -0.1) is 0 Å². The summed E-state index contributed by atoms with van der Waals surface area (Å²) >= 11 is 0. The molecule has 0 radical (unpaired) electrons. The summed E-state index contributed by atoms with van der Waals surface area (Å²) in [7, 11) is -2.66. The molecule has 0 aliphatic carbocycles. The lowest BCUT2D eigenvalue weighted by Crippen LogP contribution is -2.50. The SMILES string of the molecule is COc1ccc(S(=O)(=O)N2Cc3cc(N)ccc3CC2C(=O)C(=O)O)cc1. The highest BCUT2D eigenvalue weighted by Gasteiger charge is 2.41. The van der Waals surface area contributed by atoms with Crippen LogP contribution in [0.3, 0.4) is 0 Å². The van der Waals surface area contributed by atoms with Crippen LogP contribution in [0.1, 0.15) is 11.1 Å². The lowest BCUT2D eigenvalue weighted by atomic mass is 9.93. The number of hydrogen-bond acceptors (Lipinski definition) is 6. The molecule has 3 rings (SSSR count). The van der Waals surface area contributed by atoms with Crippen LogP contribution in [0.15, 0.2) is 47.4 Å². The number of carbonyl (C=O) groups excluding carboxylic acids is 1. The number of aliphatic carboxylic acids is 1. The van der Waals surface area contributed by atoms with Crippen molar-refractivity contribution in [1.29, 1.82) is 0 Å². The second kappa shape index (κ2) is 7.01. The van der Waals surface area contributed by atoms with Gasteiger partial charge in [0.25, 0.3) is 5.78 Å². The zero-order valence-corrected chi connectivity index (χ0v) is 15.3. The fraction of sp³-hybridized carbons (Fsp3) is 0.222. The molecule has 1 aliphatic rings. The van der Waals surface area contributed by atoms with Gasteiger partial charge in [-0.2, -0.15) is 4.31 Å². The van der Waals surface area contributed by atoms with Crippen molar-refractivity contribution in [2.75, 3.05) is 12.8 Å². The standard InChI is InChI=1S/C18H18N2O6S/c1-26-14-4-6-15(7-5-14)27(24,25)20-10-12-8-13(19)3-2-11(12)9-16(20)17(21)18(22)23/h2-8,16H,9-10,19H2,1H3,(H,22,23). The number of nitrogens with two attached hydrogens (primary N) is 1. The Bertz CT molecular complexity index is 1000.